The summed E-state index contributed by atoms with van der Waals surface area (Å²) in [6.07, 6.45) is 1.03. The van der Waals surface area contributed by atoms with E-state index in [2.05, 4.69) is 10.6 Å². The number of esters is 1. The fraction of sp³-hybridized carbons (Fsp3) is 0.375. The molecule has 0 fully saturated rings. The summed E-state index contributed by atoms with van der Waals surface area (Å²) < 4.78 is 9.89. The molecule has 2 aromatic rings. The Kier molecular flexibility index (Phi) is 10.2. The lowest BCUT2D eigenvalue weighted by molar-refractivity contribution is -0.145. The number of hydrogen-bond donors (Lipinski definition) is 4. The smallest absolute Gasteiger partial charge is 0.328 e. The van der Waals surface area contributed by atoms with Crippen LogP contribution in [0.15, 0.2) is 48.5 Å². The van der Waals surface area contributed by atoms with Gasteiger partial charge in [-0.15, -0.1) is 0 Å². The van der Waals surface area contributed by atoms with E-state index in [0.29, 0.717) is 25.1 Å². The molecular weight excluding hydrogens is 428 g/mol. The first-order chi connectivity index (χ1) is 15.8. The van der Waals surface area contributed by atoms with Gasteiger partial charge in [0.15, 0.2) is 11.5 Å². The van der Waals surface area contributed by atoms with Crippen molar-refractivity contribution >= 4 is 17.8 Å². The van der Waals surface area contributed by atoms with Crippen molar-refractivity contribution in [3.8, 4) is 11.5 Å². The Bertz CT molecular complexity index is 934. The van der Waals surface area contributed by atoms with E-state index in [1.807, 2.05) is 30.3 Å². The van der Waals surface area contributed by atoms with Crippen molar-refractivity contribution in [2.24, 2.45) is 0 Å². The summed E-state index contributed by atoms with van der Waals surface area (Å²) in [4.78, 5) is 36.3. The lowest BCUT2D eigenvalue weighted by atomic mass is 10.0. The summed E-state index contributed by atoms with van der Waals surface area (Å²) in [5, 5.41) is 24.5. The number of hydrogen-bond acceptors (Lipinski definition) is 7. The van der Waals surface area contributed by atoms with Gasteiger partial charge in [0.1, 0.15) is 6.04 Å². The van der Waals surface area contributed by atoms with Gasteiger partial charge >= 0.3 is 11.9 Å². The monoisotopic (exact) mass is 458 g/mol. The number of nitrogens with one attached hydrogen (secondary N) is 2. The predicted octanol–water partition coefficient (Wildman–Crippen LogP) is 1.67. The van der Waals surface area contributed by atoms with Crippen molar-refractivity contribution in [2.75, 3.05) is 20.8 Å². The zero-order valence-electron chi connectivity index (χ0n) is 18.7. The van der Waals surface area contributed by atoms with Crippen molar-refractivity contribution in [3.05, 3.63) is 59.7 Å². The molecule has 2 atom stereocenters. The zero-order chi connectivity index (χ0) is 24.2. The number of aliphatic carboxylic acids is 1. The molecule has 33 heavy (non-hydrogen) atoms. The van der Waals surface area contributed by atoms with E-state index in [9.17, 15) is 24.6 Å². The molecule has 1 amide bonds. The molecule has 0 heterocycles. The Labute approximate surface area is 192 Å². The number of rotatable bonds is 13. The third-order valence-corrected chi connectivity index (χ3v) is 5.06. The molecule has 0 aliphatic heterocycles. The van der Waals surface area contributed by atoms with Gasteiger partial charge in [0.05, 0.1) is 26.7 Å². The third kappa shape index (κ3) is 8.46. The molecular formula is C24H30N2O7. The Balaban J connectivity index is 1.96. The zero-order valence-corrected chi connectivity index (χ0v) is 18.7. The highest BCUT2D eigenvalue weighted by Crippen LogP contribution is 2.26. The molecule has 4 N–H and O–H groups in total. The van der Waals surface area contributed by atoms with Gasteiger partial charge in [-0.25, -0.2) is 4.79 Å². The molecule has 0 bridgehead atoms. The number of aryl methyl sites for hydroxylation is 1. The van der Waals surface area contributed by atoms with Crippen LogP contribution in [0.3, 0.4) is 0 Å². The Morgan fingerprint density at radius 2 is 1.73 bits per heavy atom. The van der Waals surface area contributed by atoms with Crippen molar-refractivity contribution < 1.29 is 34.1 Å². The van der Waals surface area contributed by atoms with E-state index < -0.39 is 36.4 Å². The Hall–Kier alpha value is -3.59. The maximum atomic E-state index is 12.8. The highest BCUT2D eigenvalue weighted by Gasteiger charge is 2.27. The van der Waals surface area contributed by atoms with Gasteiger partial charge in [-0.2, -0.15) is 0 Å². The number of benzene rings is 2. The van der Waals surface area contributed by atoms with E-state index in [4.69, 9.17) is 9.47 Å². The molecule has 0 saturated heterocycles. The summed E-state index contributed by atoms with van der Waals surface area (Å²) >= 11 is 0. The van der Waals surface area contributed by atoms with Crippen LogP contribution in [-0.2, 0) is 32.0 Å². The Morgan fingerprint density at radius 3 is 2.36 bits per heavy atom. The second-order valence-corrected chi connectivity index (χ2v) is 7.49. The van der Waals surface area contributed by atoms with Gasteiger partial charge in [-0.3, -0.25) is 9.59 Å². The largest absolute Gasteiger partial charge is 0.504 e. The molecule has 9 nitrogen and oxygen atoms in total. The van der Waals surface area contributed by atoms with E-state index in [0.717, 1.165) is 11.1 Å². The number of carboxylic acids is 1. The van der Waals surface area contributed by atoms with E-state index in [1.54, 1.807) is 18.2 Å². The molecule has 9 heteroatoms. The van der Waals surface area contributed by atoms with Crippen molar-refractivity contribution in [2.45, 2.75) is 37.8 Å². The first-order valence-corrected chi connectivity index (χ1v) is 10.6. The number of ether oxygens (including phenoxy) is 2. The molecule has 0 unspecified atom stereocenters. The highest BCUT2D eigenvalue weighted by atomic mass is 16.5. The molecule has 0 radical (unpaired) electrons. The molecule has 2 rings (SSSR count). The molecule has 0 aliphatic rings. The summed E-state index contributed by atoms with van der Waals surface area (Å²) in [6.45, 7) is 0.371. The van der Waals surface area contributed by atoms with Gasteiger partial charge in [-0.05, 0) is 42.6 Å². The number of carbonyl (C=O) groups excluding carboxylic acids is 2. The lowest BCUT2D eigenvalue weighted by Gasteiger charge is -2.21. The lowest BCUT2D eigenvalue weighted by Crippen LogP contribution is -2.52. The van der Waals surface area contributed by atoms with E-state index in [-0.39, 0.29) is 12.2 Å². The van der Waals surface area contributed by atoms with Crippen LogP contribution in [0.4, 0.5) is 0 Å². The predicted molar refractivity (Wildman–Crippen MR) is 121 cm³/mol. The number of phenolic OH excluding ortho intramolecular Hbond substituents is 1. The first-order valence-electron chi connectivity index (χ1n) is 10.6. The highest BCUT2D eigenvalue weighted by molar-refractivity contribution is 5.90. The fourth-order valence-corrected chi connectivity index (χ4v) is 3.34. The number of methoxy groups -OCH3 is 2. The van der Waals surface area contributed by atoms with Crippen LogP contribution in [0.5, 0.6) is 11.5 Å². The van der Waals surface area contributed by atoms with Crippen LogP contribution in [-0.4, -0.2) is 60.9 Å². The number of amides is 1. The standard InChI is InChI=1S/C24H30N2O7/c1-32-21-14-17(10-11-20(21)27)9-6-12-25-18(15-22(28)29)23(30)26-19(24(31)33-2)13-16-7-4-3-5-8-16/h3-5,7-8,10-11,14,18-19,25,27H,6,9,12-13,15H2,1-2H3,(H,26,30)(H,28,29)/t18-,19-/m1/s1. The average molecular weight is 459 g/mol. The van der Waals surface area contributed by atoms with Crippen molar-refractivity contribution in [3.63, 3.8) is 0 Å². The minimum Gasteiger partial charge on any atom is -0.504 e. The normalized spacial score (nSPS) is 12.4. The summed E-state index contributed by atoms with van der Waals surface area (Å²) in [7, 11) is 2.70. The summed E-state index contributed by atoms with van der Waals surface area (Å²) in [5.74, 6) is -1.91. The number of carbonyl (C=O) groups is 3. The van der Waals surface area contributed by atoms with Crippen LogP contribution >= 0.6 is 0 Å². The first kappa shape index (κ1) is 25.7. The number of carboxylic acid groups (broad SMARTS) is 1. The summed E-state index contributed by atoms with van der Waals surface area (Å²) in [6, 6.07) is 12.2. The van der Waals surface area contributed by atoms with Crippen LogP contribution in [0.2, 0.25) is 0 Å². The van der Waals surface area contributed by atoms with Gasteiger partial charge in [-0.1, -0.05) is 36.4 Å². The van der Waals surface area contributed by atoms with Gasteiger partial charge < -0.3 is 30.3 Å². The molecule has 178 valence electrons. The SMILES string of the molecule is COC(=O)[C@@H](Cc1ccccc1)NC(=O)[C@@H](CC(=O)O)NCCCc1ccc(O)c(OC)c1. The second-order valence-electron chi connectivity index (χ2n) is 7.49. The van der Waals surface area contributed by atoms with Crippen LogP contribution in [0.25, 0.3) is 0 Å². The molecule has 2 aromatic carbocycles. The Morgan fingerprint density at radius 1 is 1.00 bits per heavy atom. The third-order valence-electron chi connectivity index (χ3n) is 5.06. The molecule has 0 spiro atoms. The van der Waals surface area contributed by atoms with Gasteiger partial charge in [0.25, 0.3) is 0 Å². The van der Waals surface area contributed by atoms with Crippen molar-refractivity contribution in [1.29, 1.82) is 0 Å². The molecule has 0 aliphatic carbocycles. The van der Waals surface area contributed by atoms with Crippen LogP contribution < -0.4 is 15.4 Å². The topological polar surface area (TPSA) is 134 Å². The average Bonchev–Trinajstić information content (AvgIpc) is 2.81. The fourth-order valence-electron chi connectivity index (χ4n) is 3.34. The minimum absolute atomic E-state index is 0.0493. The minimum atomic E-state index is -1.14. The van der Waals surface area contributed by atoms with Crippen molar-refractivity contribution in [1.82, 2.24) is 10.6 Å². The second kappa shape index (κ2) is 13.1. The van der Waals surface area contributed by atoms with Gasteiger partial charge in [0.2, 0.25) is 5.91 Å². The van der Waals surface area contributed by atoms with Gasteiger partial charge in [0, 0.05) is 6.42 Å². The molecule has 0 saturated carbocycles. The maximum Gasteiger partial charge on any atom is 0.328 e. The van der Waals surface area contributed by atoms with Crippen LogP contribution in [0.1, 0.15) is 24.0 Å². The quantitative estimate of drug-likeness (QED) is 0.263. The number of phenols is 1. The summed E-state index contributed by atoms with van der Waals surface area (Å²) in [5.41, 5.74) is 1.76. The van der Waals surface area contributed by atoms with Crippen LogP contribution in [0, 0.1) is 0 Å². The van der Waals surface area contributed by atoms with E-state index >= 15 is 0 Å². The van der Waals surface area contributed by atoms with E-state index in [1.165, 1.54) is 14.2 Å². The number of aromatic hydroxyl groups is 1. The maximum absolute atomic E-state index is 12.8. The molecule has 0 aromatic heterocycles.